The van der Waals surface area contributed by atoms with Crippen molar-refractivity contribution in [2.75, 3.05) is 25.3 Å². The van der Waals surface area contributed by atoms with E-state index >= 15 is 0 Å². The lowest BCUT2D eigenvalue weighted by molar-refractivity contribution is 0.415. The normalized spacial score (nSPS) is 14.0. The highest BCUT2D eigenvalue weighted by Gasteiger charge is 2.30. The van der Waals surface area contributed by atoms with E-state index in [0.717, 1.165) is 27.5 Å². The molecule has 0 radical (unpaired) electrons. The maximum atomic E-state index is 5.71. The molecule has 3 aromatic rings. The molecule has 0 saturated heterocycles. The zero-order valence-corrected chi connectivity index (χ0v) is 16.9. The minimum Gasteiger partial charge on any atom is -0.496 e. The van der Waals surface area contributed by atoms with Crippen molar-refractivity contribution in [3.05, 3.63) is 41.5 Å². The second-order valence-electron chi connectivity index (χ2n) is 7.07. The van der Waals surface area contributed by atoms with E-state index in [0.29, 0.717) is 6.04 Å². The Morgan fingerprint density at radius 1 is 1.23 bits per heavy atom. The second kappa shape index (κ2) is 6.54. The van der Waals surface area contributed by atoms with Crippen LogP contribution in [0.25, 0.3) is 16.8 Å². The smallest absolute Gasteiger partial charge is 0.142 e. The standard InChI is InChI=1S/C21H25N3OS/c1-13-11-14(2)19(18(12-13)25-4)16-7-6-8-17-20(23(3)15-9-10-15)21(26-5)22-24(16)17/h6-8,11-12,15H,9-10H2,1-5H3. The third kappa shape index (κ3) is 2.75. The van der Waals surface area contributed by atoms with Gasteiger partial charge in [0, 0.05) is 18.7 Å². The topological polar surface area (TPSA) is 29.8 Å². The molecule has 4 nitrogen and oxygen atoms in total. The van der Waals surface area contributed by atoms with Crippen LogP contribution in [0.1, 0.15) is 24.0 Å². The molecule has 0 amide bonds. The van der Waals surface area contributed by atoms with E-state index in [1.54, 1.807) is 18.9 Å². The van der Waals surface area contributed by atoms with Crippen LogP contribution in [-0.2, 0) is 0 Å². The minimum atomic E-state index is 0.646. The van der Waals surface area contributed by atoms with Crippen LogP contribution in [0, 0.1) is 13.8 Å². The number of ether oxygens (including phenoxy) is 1. The Kier molecular flexibility index (Phi) is 4.35. The number of nitrogens with zero attached hydrogens (tertiary/aromatic N) is 3. The van der Waals surface area contributed by atoms with E-state index in [9.17, 15) is 0 Å². The Morgan fingerprint density at radius 3 is 2.65 bits per heavy atom. The minimum absolute atomic E-state index is 0.646. The molecule has 0 spiro atoms. The van der Waals surface area contributed by atoms with E-state index < -0.39 is 0 Å². The molecule has 2 aromatic heterocycles. The Labute approximate surface area is 159 Å². The SMILES string of the molecule is COc1cc(C)cc(C)c1-c1cccc2c(N(C)C3CC3)c(SC)nn12. The van der Waals surface area contributed by atoms with Crippen molar-refractivity contribution >= 4 is 23.0 Å². The van der Waals surface area contributed by atoms with Crippen LogP contribution >= 0.6 is 11.8 Å². The Morgan fingerprint density at radius 2 is 2.00 bits per heavy atom. The first-order chi connectivity index (χ1) is 12.5. The summed E-state index contributed by atoms with van der Waals surface area (Å²) >= 11 is 1.71. The van der Waals surface area contributed by atoms with Gasteiger partial charge < -0.3 is 9.64 Å². The van der Waals surface area contributed by atoms with Crippen LogP contribution < -0.4 is 9.64 Å². The summed E-state index contributed by atoms with van der Waals surface area (Å²) in [5.41, 5.74) is 6.98. The average Bonchev–Trinajstić information content (AvgIpc) is 3.40. The summed E-state index contributed by atoms with van der Waals surface area (Å²) in [6.45, 7) is 4.24. The molecule has 1 aliphatic carbocycles. The molecule has 0 aliphatic heterocycles. The van der Waals surface area contributed by atoms with Gasteiger partial charge in [-0.1, -0.05) is 12.1 Å². The number of methoxy groups -OCH3 is 1. The van der Waals surface area contributed by atoms with E-state index in [4.69, 9.17) is 9.84 Å². The number of hydrogen-bond donors (Lipinski definition) is 0. The molecule has 2 heterocycles. The van der Waals surface area contributed by atoms with E-state index in [-0.39, 0.29) is 0 Å². The molecule has 1 aromatic carbocycles. The van der Waals surface area contributed by atoms with Gasteiger partial charge in [-0.25, -0.2) is 4.52 Å². The number of pyridine rings is 1. The molecular weight excluding hydrogens is 342 g/mol. The maximum absolute atomic E-state index is 5.71. The first-order valence-corrected chi connectivity index (χ1v) is 10.2. The Balaban J connectivity index is 1.98. The molecule has 1 aliphatic rings. The molecule has 26 heavy (non-hydrogen) atoms. The molecule has 1 saturated carbocycles. The lowest BCUT2D eigenvalue weighted by Gasteiger charge is -2.18. The van der Waals surface area contributed by atoms with Gasteiger partial charge in [-0.3, -0.25) is 0 Å². The number of fused-ring (bicyclic) bond motifs is 1. The molecule has 5 heteroatoms. The van der Waals surface area contributed by atoms with Gasteiger partial charge in [0.05, 0.1) is 24.0 Å². The lowest BCUT2D eigenvalue weighted by atomic mass is 10.0. The molecule has 0 N–H and O–H groups in total. The quantitative estimate of drug-likeness (QED) is 0.597. The third-order valence-electron chi connectivity index (χ3n) is 5.16. The number of rotatable bonds is 5. The average molecular weight is 368 g/mol. The predicted molar refractivity (Wildman–Crippen MR) is 110 cm³/mol. The highest BCUT2D eigenvalue weighted by atomic mass is 32.2. The molecule has 0 bridgehead atoms. The summed E-state index contributed by atoms with van der Waals surface area (Å²) in [5.74, 6) is 0.897. The number of anilines is 1. The molecule has 1 fully saturated rings. The third-order valence-corrected chi connectivity index (χ3v) is 5.82. The van der Waals surface area contributed by atoms with Crippen LogP contribution in [0.3, 0.4) is 0 Å². The molecule has 136 valence electrons. The van der Waals surface area contributed by atoms with Crippen molar-refractivity contribution in [2.24, 2.45) is 0 Å². The van der Waals surface area contributed by atoms with Gasteiger partial charge in [-0.2, -0.15) is 5.10 Å². The van der Waals surface area contributed by atoms with Crippen molar-refractivity contribution < 1.29 is 4.74 Å². The van der Waals surface area contributed by atoms with Gasteiger partial charge in [0.2, 0.25) is 0 Å². The number of thioether (sulfide) groups is 1. The van der Waals surface area contributed by atoms with Crippen LogP contribution in [0.15, 0.2) is 35.4 Å². The van der Waals surface area contributed by atoms with E-state index in [1.807, 2.05) is 0 Å². The first kappa shape index (κ1) is 17.3. The fourth-order valence-corrected chi connectivity index (χ4v) is 4.36. The van der Waals surface area contributed by atoms with Crippen LogP contribution in [-0.4, -0.2) is 36.1 Å². The predicted octanol–water partition coefficient (Wildman–Crippen LogP) is 4.95. The summed E-state index contributed by atoms with van der Waals surface area (Å²) in [4.78, 5) is 2.40. The monoisotopic (exact) mass is 367 g/mol. The summed E-state index contributed by atoms with van der Waals surface area (Å²) in [5, 5.41) is 6.04. The number of aromatic nitrogens is 2. The van der Waals surface area contributed by atoms with Gasteiger partial charge >= 0.3 is 0 Å². The van der Waals surface area contributed by atoms with Gasteiger partial charge in [0.25, 0.3) is 0 Å². The Bertz CT molecular complexity index is 975. The van der Waals surface area contributed by atoms with Gasteiger partial charge in [0.1, 0.15) is 10.8 Å². The summed E-state index contributed by atoms with van der Waals surface area (Å²) in [6.07, 6.45) is 4.64. The number of aryl methyl sites for hydroxylation is 2. The fraction of sp³-hybridized carbons (Fsp3) is 0.381. The van der Waals surface area contributed by atoms with Crippen molar-refractivity contribution in [3.63, 3.8) is 0 Å². The van der Waals surface area contributed by atoms with Crippen molar-refractivity contribution in [1.82, 2.24) is 9.61 Å². The van der Waals surface area contributed by atoms with Crippen molar-refractivity contribution in [1.29, 1.82) is 0 Å². The van der Waals surface area contributed by atoms with Crippen molar-refractivity contribution in [2.45, 2.75) is 37.8 Å². The molecular formula is C21H25N3OS. The fourth-order valence-electron chi connectivity index (χ4n) is 3.76. The summed E-state index contributed by atoms with van der Waals surface area (Å²) in [6, 6.07) is 11.4. The zero-order chi connectivity index (χ0) is 18.4. The van der Waals surface area contributed by atoms with Gasteiger partial charge in [-0.15, -0.1) is 11.8 Å². The van der Waals surface area contributed by atoms with Crippen LogP contribution in [0.4, 0.5) is 5.69 Å². The van der Waals surface area contributed by atoms with Gasteiger partial charge in [0.15, 0.2) is 0 Å². The van der Waals surface area contributed by atoms with Crippen molar-refractivity contribution in [3.8, 4) is 17.0 Å². The van der Waals surface area contributed by atoms with E-state index in [1.165, 1.54) is 29.7 Å². The highest BCUT2D eigenvalue weighted by molar-refractivity contribution is 7.98. The number of hydrogen-bond acceptors (Lipinski definition) is 4. The second-order valence-corrected chi connectivity index (χ2v) is 7.86. The first-order valence-electron chi connectivity index (χ1n) is 8.99. The zero-order valence-electron chi connectivity index (χ0n) is 16.0. The van der Waals surface area contributed by atoms with Gasteiger partial charge in [-0.05, 0) is 62.3 Å². The Hall–Kier alpha value is -2.14. The van der Waals surface area contributed by atoms with Crippen LogP contribution in [0.5, 0.6) is 5.75 Å². The largest absolute Gasteiger partial charge is 0.496 e. The molecule has 4 rings (SSSR count). The van der Waals surface area contributed by atoms with E-state index in [2.05, 4.69) is 66.9 Å². The summed E-state index contributed by atoms with van der Waals surface area (Å²) < 4.78 is 7.80. The number of benzene rings is 1. The molecule has 0 atom stereocenters. The highest BCUT2D eigenvalue weighted by Crippen LogP contribution is 2.41. The van der Waals surface area contributed by atoms with Crippen LogP contribution in [0.2, 0.25) is 0 Å². The summed E-state index contributed by atoms with van der Waals surface area (Å²) in [7, 11) is 3.93. The maximum Gasteiger partial charge on any atom is 0.142 e. The molecule has 0 unspecified atom stereocenters. The lowest BCUT2D eigenvalue weighted by Crippen LogP contribution is -2.19.